The summed E-state index contributed by atoms with van der Waals surface area (Å²) in [6.07, 6.45) is 1.89. The Morgan fingerprint density at radius 2 is 1.67 bits per heavy atom. The molecule has 2 amide bonds. The maximum atomic E-state index is 13.5. The first-order valence-electron chi connectivity index (χ1n) is 11.3. The Balaban J connectivity index is 1.35. The molecule has 1 saturated heterocycles. The Kier molecular flexibility index (Phi) is 5.92. The first-order valence-corrected chi connectivity index (χ1v) is 11.3. The zero-order valence-corrected chi connectivity index (χ0v) is 18.3. The van der Waals surface area contributed by atoms with Crippen molar-refractivity contribution in [3.05, 3.63) is 101 Å². The Hall–Kier alpha value is -3.51. The standard InChI is InChI=1S/C27H26FN3O2/c28-22-11-6-10-20(15-22)26(32)29-16-23-13-14-24-18-31(27(33)19-7-2-1-3-8-19)25-12-5-4-9-21(25)17-30(23)24/h1-12,15,23-24H,13-14,16-18H2,(H,29,32). The van der Waals surface area contributed by atoms with Crippen molar-refractivity contribution in [2.75, 3.05) is 18.0 Å². The van der Waals surface area contributed by atoms with Crippen LogP contribution in [0.4, 0.5) is 10.1 Å². The van der Waals surface area contributed by atoms with Gasteiger partial charge in [0.1, 0.15) is 5.82 Å². The number of nitrogens with one attached hydrogen (secondary N) is 1. The molecule has 0 aromatic heterocycles. The van der Waals surface area contributed by atoms with Crippen LogP contribution in [0.1, 0.15) is 39.1 Å². The molecule has 1 N–H and O–H groups in total. The summed E-state index contributed by atoms with van der Waals surface area (Å²) in [6, 6.07) is 23.6. The van der Waals surface area contributed by atoms with Gasteiger partial charge in [0.2, 0.25) is 0 Å². The summed E-state index contributed by atoms with van der Waals surface area (Å²) in [6.45, 7) is 1.82. The lowest BCUT2D eigenvalue weighted by Crippen LogP contribution is -2.45. The van der Waals surface area contributed by atoms with E-state index >= 15 is 0 Å². The smallest absolute Gasteiger partial charge is 0.258 e. The number of carbonyl (C=O) groups excluding carboxylic acids is 2. The molecule has 6 heteroatoms. The summed E-state index contributed by atoms with van der Waals surface area (Å²) in [4.78, 5) is 30.2. The molecular formula is C27H26FN3O2. The highest BCUT2D eigenvalue weighted by Gasteiger charge is 2.39. The summed E-state index contributed by atoms with van der Waals surface area (Å²) >= 11 is 0. The van der Waals surface area contributed by atoms with Crippen LogP contribution in [-0.2, 0) is 6.54 Å². The van der Waals surface area contributed by atoms with Gasteiger partial charge in [-0.3, -0.25) is 14.5 Å². The second-order valence-electron chi connectivity index (χ2n) is 8.69. The third-order valence-corrected chi connectivity index (χ3v) is 6.65. The van der Waals surface area contributed by atoms with E-state index in [-0.39, 0.29) is 23.9 Å². The van der Waals surface area contributed by atoms with Crippen LogP contribution in [0.15, 0.2) is 78.9 Å². The van der Waals surface area contributed by atoms with Gasteiger partial charge in [-0.15, -0.1) is 0 Å². The fourth-order valence-corrected chi connectivity index (χ4v) is 4.97. The molecule has 2 atom stereocenters. The number of hydrogen-bond acceptors (Lipinski definition) is 3. The van der Waals surface area contributed by atoms with Crippen molar-refractivity contribution in [1.82, 2.24) is 10.2 Å². The molecule has 33 heavy (non-hydrogen) atoms. The molecule has 3 aromatic carbocycles. The zero-order valence-electron chi connectivity index (χ0n) is 18.3. The van der Waals surface area contributed by atoms with Gasteiger partial charge >= 0.3 is 0 Å². The van der Waals surface area contributed by atoms with Crippen LogP contribution in [-0.4, -0.2) is 41.9 Å². The largest absolute Gasteiger partial charge is 0.350 e. The second-order valence-corrected chi connectivity index (χ2v) is 8.69. The van der Waals surface area contributed by atoms with Crippen LogP contribution >= 0.6 is 0 Å². The topological polar surface area (TPSA) is 52.7 Å². The number of amides is 2. The molecule has 168 valence electrons. The number of fused-ring (bicyclic) bond motifs is 2. The van der Waals surface area contributed by atoms with E-state index in [2.05, 4.69) is 16.3 Å². The van der Waals surface area contributed by atoms with E-state index in [4.69, 9.17) is 0 Å². The van der Waals surface area contributed by atoms with Crippen LogP contribution in [0.5, 0.6) is 0 Å². The Labute approximate surface area is 192 Å². The SMILES string of the molecule is O=C(NCC1CCC2CN(C(=O)c3ccccc3)c3ccccc3CN12)c1cccc(F)c1. The molecule has 0 spiro atoms. The lowest BCUT2D eigenvalue weighted by atomic mass is 10.1. The predicted octanol–water partition coefficient (Wildman–Crippen LogP) is 4.25. The van der Waals surface area contributed by atoms with Gasteiger partial charge in [-0.25, -0.2) is 4.39 Å². The highest BCUT2D eigenvalue weighted by atomic mass is 19.1. The van der Waals surface area contributed by atoms with E-state index in [1.807, 2.05) is 53.4 Å². The minimum atomic E-state index is -0.420. The molecule has 0 saturated carbocycles. The van der Waals surface area contributed by atoms with E-state index in [9.17, 15) is 14.0 Å². The molecule has 2 aliphatic heterocycles. The number of nitrogens with zero attached hydrogens (tertiary/aromatic N) is 2. The van der Waals surface area contributed by atoms with E-state index in [1.54, 1.807) is 12.1 Å². The average molecular weight is 444 g/mol. The molecule has 0 radical (unpaired) electrons. The van der Waals surface area contributed by atoms with Gasteiger partial charge in [-0.2, -0.15) is 0 Å². The van der Waals surface area contributed by atoms with Gasteiger partial charge in [-0.05, 0) is 54.8 Å². The van der Waals surface area contributed by atoms with Gasteiger partial charge in [0.05, 0.1) is 0 Å². The van der Waals surface area contributed by atoms with Crippen molar-refractivity contribution in [3.8, 4) is 0 Å². The first-order chi connectivity index (χ1) is 16.1. The molecule has 0 bridgehead atoms. The highest BCUT2D eigenvalue weighted by Crippen LogP contribution is 2.35. The van der Waals surface area contributed by atoms with E-state index < -0.39 is 5.82 Å². The van der Waals surface area contributed by atoms with Crippen LogP contribution in [0.25, 0.3) is 0 Å². The summed E-state index contributed by atoms with van der Waals surface area (Å²) < 4.78 is 13.5. The fraction of sp³-hybridized carbons (Fsp3) is 0.259. The molecule has 1 fully saturated rings. The lowest BCUT2D eigenvalue weighted by Gasteiger charge is -2.29. The van der Waals surface area contributed by atoms with Crippen LogP contribution in [0.2, 0.25) is 0 Å². The number of anilines is 1. The first kappa shape index (κ1) is 21.3. The van der Waals surface area contributed by atoms with Crippen molar-refractivity contribution in [3.63, 3.8) is 0 Å². The maximum Gasteiger partial charge on any atom is 0.258 e. The van der Waals surface area contributed by atoms with Gasteiger partial charge < -0.3 is 10.2 Å². The molecule has 5 nitrogen and oxygen atoms in total. The summed E-state index contributed by atoms with van der Waals surface area (Å²) in [5, 5.41) is 2.98. The lowest BCUT2D eigenvalue weighted by molar-refractivity contribution is 0.0933. The fourth-order valence-electron chi connectivity index (χ4n) is 4.97. The van der Waals surface area contributed by atoms with Gasteiger partial charge in [0, 0.05) is 48.5 Å². The number of hydrogen-bond donors (Lipinski definition) is 1. The normalized spacial score (nSPS) is 20.0. The average Bonchev–Trinajstić information content (AvgIpc) is 3.14. The quantitative estimate of drug-likeness (QED) is 0.656. The van der Waals surface area contributed by atoms with Gasteiger partial charge in [0.25, 0.3) is 11.8 Å². The maximum absolute atomic E-state index is 13.5. The summed E-state index contributed by atoms with van der Waals surface area (Å²) in [5.74, 6) is -0.683. The van der Waals surface area contributed by atoms with Gasteiger partial charge in [0.15, 0.2) is 0 Å². The van der Waals surface area contributed by atoms with Crippen molar-refractivity contribution in [2.45, 2.75) is 31.5 Å². The molecule has 2 unspecified atom stereocenters. The van der Waals surface area contributed by atoms with Crippen molar-refractivity contribution >= 4 is 17.5 Å². The Morgan fingerprint density at radius 1 is 0.909 bits per heavy atom. The predicted molar refractivity (Wildman–Crippen MR) is 126 cm³/mol. The Bertz CT molecular complexity index is 1170. The molecule has 3 aromatic rings. The minimum absolute atomic E-state index is 0.00718. The monoisotopic (exact) mass is 443 g/mol. The number of rotatable bonds is 4. The minimum Gasteiger partial charge on any atom is -0.350 e. The second kappa shape index (κ2) is 9.16. The van der Waals surface area contributed by atoms with E-state index in [1.165, 1.54) is 12.1 Å². The third-order valence-electron chi connectivity index (χ3n) is 6.65. The van der Waals surface area contributed by atoms with E-state index in [0.717, 1.165) is 30.6 Å². The summed E-state index contributed by atoms with van der Waals surface area (Å²) in [5.41, 5.74) is 3.05. The van der Waals surface area contributed by atoms with Crippen molar-refractivity contribution in [1.29, 1.82) is 0 Å². The zero-order chi connectivity index (χ0) is 22.8. The molecule has 2 aliphatic rings. The van der Waals surface area contributed by atoms with E-state index in [0.29, 0.717) is 24.2 Å². The number of carbonyl (C=O) groups is 2. The van der Waals surface area contributed by atoms with Gasteiger partial charge in [-0.1, -0.05) is 42.5 Å². The Morgan fingerprint density at radius 3 is 2.48 bits per heavy atom. The molecule has 5 rings (SSSR count). The summed E-state index contributed by atoms with van der Waals surface area (Å²) in [7, 11) is 0. The van der Waals surface area contributed by atoms with Crippen LogP contribution < -0.4 is 10.2 Å². The molecule has 0 aliphatic carbocycles. The molecular weight excluding hydrogens is 417 g/mol. The number of para-hydroxylation sites is 1. The number of benzene rings is 3. The highest BCUT2D eigenvalue weighted by molar-refractivity contribution is 6.06. The molecule has 2 heterocycles. The third kappa shape index (κ3) is 4.39. The van der Waals surface area contributed by atoms with Crippen LogP contribution in [0.3, 0.4) is 0 Å². The van der Waals surface area contributed by atoms with Crippen molar-refractivity contribution < 1.29 is 14.0 Å². The number of halogens is 1. The van der Waals surface area contributed by atoms with Crippen molar-refractivity contribution in [2.24, 2.45) is 0 Å². The van der Waals surface area contributed by atoms with Crippen LogP contribution in [0, 0.1) is 5.82 Å².